The van der Waals surface area contributed by atoms with E-state index in [1.807, 2.05) is 6.08 Å². The Balaban J connectivity index is 1.25. The second kappa shape index (κ2) is 16.3. The number of anilines is 3. The summed E-state index contributed by atoms with van der Waals surface area (Å²) in [5.41, 5.74) is 20.9. The van der Waals surface area contributed by atoms with Gasteiger partial charge in [0.2, 0.25) is 0 Å². The number of hydrogen-bond acceptors (Lipinski definition) is 1. The van der Waals surface area contributed by atoms with Gasteiger partial charge in [0.15, 0.2) is 0 Å². The summed E-state index contributed by atoms with van der Waals surface area (Å²) in [4.78, 5) is 2.50. The molecule has 11 rings (SSSR count). The molecule has 1 heteroatoms. The molecule has 0 N–H and O–H groups in total. The van der Waals surface area contributed by atoms with Gasteiger partial charge in [-0.25, -0.2) is 0 Å². The fourth-order valence-corrected chi connectivity index (χ4v) is 10.9. The summed E-state index contributed by atoms with van der Waals surface area (Å²) in [7, 11) is 0. The Morgan fingerprint density at radius 3 is 1.52 bits per heavy atom. The van der Waals surface area contributed by atoms with Crippen LogP contribution in [0.2, 0.25) is 0 Å². The fraction of sp³-hybridized carbons (Fsp3) is 0.0625. The van der Waals surface area contributed by atoms with Gasteiger partial charge in [-0.1, -0.05) is 239 Å². The van der Waals surface area contributed by atoms with Gasteiger partial charge in [0.25, 0.3) is 0 Å². The van der Waals surface area contributed by atoms with E-state index in [2.05, 4.69) is 268 Å². The molecule has 0 radical (unpaired) electrons. The van der Waals surface area contributed by atoms with Crippen LogP contribution in [0.1, 0.15) is 52.8 Å². The van der Waals surface area contributed by atoms with E-state index in [4.69, 9.17) is 0 Å². The molecule has 9 aromatic rings. The number of fused-ring (bicyclic) bond motifs is 4. The molecule has 0 bridgehead atoms. The van der Waals surface area contributed by atoms with Crippen LogP contribution in [0, 0.1) is 0 Å². The van der Waals surface area contributed by atoms with Gasteiger partial charge in [-0.3, -0.25) is 0 Å². The zero-order valence-corrected chi connectivity index (χ0v) is 36.8. The van der Waals surface area contributed by atoms with Crippen LogP contribution in [0.25, 0.3) is 44.5 Å². The number of para-hydroxylation sites is 1. The summed E-state index contributed by atoms with van der Waals surface area (Å²) in [5, 5.41) is 0. The topological polar surface area (TPSA) is 3.24 Å². The standard InChI is InChI=1S/C64H49N/c1-4-5-32-56-55-42-40-50(65(61-38-23-20-34-52(61)46-26-12-7-13-27-46)49-39-41-54-53-35-19-21-36-57(53)63(2,3)59(54)43-49)44-60(55)64(48-30-16-9-17-31-48,62(56)47-28-14-8-15-29-47)58-37-22-18-33-51(58)45-24-10-6-11-25-45/h4-44H,1H2,2-3H3/b32-5-. The molecule has 2 aliphatic carbocycles. The van der Waals surface area contributed by atoms with Gasteiger partial charge < -0.3 is 4.90 Å². The summed E-state index contributed by atoms with van der Waals surface area (Å²) in [6.45, 7) is 8.89. The highest BCUT2D eigenvalue weighted by Crippen LogP contribution is 2.61. The van der Waals surface area contributed by atoms with Gasteiger partial charge in [-0.2, -0.15) is 0 Å². The van der Waals surface area contributed by atoms with Crippen molar-refractivity contribution < 1.29 is 0 Å². The second-order valence-electron chi connectivity index (χ2n) is 17.6. The van der Waals surface area contributed by atoms with Crippen molar-refractivity contribution in [3.63, 3.8) is 0 Å². The Hall–Kier alpha value is -8.00. The zero-order chi connectivity index (χ0) is 44.0. The van der Waals surface area contributed by atoms with Gasteiger partial charge >= 0.3 is 0 Å². The van der Waals surface area contributed by atoms with Crippen molar-refractivity contribution in [3.05, 3.63) is 294 Å². The van der Waals surface area contributed by atoms with Crippen LogP contribution in [0.3, 0.4) is 0 Å². The van der Waals surface area contributed by atoms with E-state index in [0.29, 0.717) is 0 Å². The highest BCUT2D eigenvalue weighted by molar-refractivity contribution is 6.10. The molecule has 2 aliphatic rings. The number of rotatable bonds is 10. The molecule has 310 valence electrons. The van der Waals surface area contributed by atoms with E-state index in [1.165, 1.54) is 77.9 Å². The van der Waals surface area contributed by atoms with Crippen LogP contribution >= 0.6 is 0 Å². The molecule has 0 aromatic heterocycles. The van der Waals surface area contributed by atoms with Crippen molar-refractivity contribution in [1.29, 1.82) is 0 Å². The second-order valence-corrected chi connectivity index (χ2v) is 17.6. The number of benzene rings is 9. The summed E-state index contributed by atoms with van der Waals surface area (Å²) in [6.07, 6.45) is 6.25. The van der Waals surface area contributed by atoms with Gasteiger partial charge in [0.05, 0.1) is 11.1 Å². The molecule has 0 saturated heterocycles. The average molecular weight is 832 g/mol. The van der Waals surface area contributed by atoms with Crippen LogP contribution < -0.4 is 4.90 Å². The third-order valence-corrected chi connectivity index (χ3v) is 13.7. The monoisotopic (exact) mass is 831 g/mol. The predicted octanol–water partition coefficient (Wildman–Crippen LogP) is 16.8. The van der Waals surface area contributed by atoms with E-state index < -0.39 is 5.41 Å². The number of hydrogen-bond donors (Lipinski definition) is 0. The lowest BCUT2D eigenvalue weighted by atomic mass is 9.63. The first kappa shape index (κ1) is 39.8. The Morgan fingerprint density at radius 1 is 0.400 bits per heavy atom. The molecule has 1 nitrogen and oxygen atoms in total. The third kappa shape index (κ3) is 6.46. The van der Waals surface area contributed by atoms with Crippen molar-refractivity contribution >= 4 is 28.2 Å². The quantitative estimate of drug-likeness (QED) is 0.124. The van der Waals surface area contributed by atoms with Gasteiger partial charge in [-0.15, -0.1) is 0 Å². The van der Waals surface area contributed by atoms with Crippen LogP contribution in [-0.2, 0) is 10.8 Å². The summed E-state index contributed by atoms with van der Waals surface area (Å²) in [5.74, 6) is 0. The maximum absolute atomic E-state index is 4.15. The largest absolute Gasteiger partial charge is 0.310 e. The smallest absolute Gasteiger partial charge is 0.0726 e. The molecule has 1 unspecified atom stereocenters. The average Bonchev–Trinajstić information content (AvgIpc) is 3.79. The van der Waals surface area contributed by atoms with Crippen molar-refractivity contribution in [2.24, 2.45) is 0 Å². The van der Waals surface area contributed by atoms with Crippen LogP contribution in [0.5, 0.6) is 0 Å². The predicted molar refractivity (Wildman–Crippen MR) is 275 cm³/mol. The zero-order valence-electron chi connectivity index (χ0n) is 36.8. The third-order valence-electron chi connectivity index (χ3n) is 13.7. The van der Waals surface area contributed by atoms with Crippen LogP contribution in [-0.4, -0.2) is 0 Å². The Bertz CT molecular complexity index is 3280. The van der Waals surface area contributed by atoms with Crippen LogP contribution in [0.15, 0.2) is 255 Å². The molecule has 1 atom stereocenters. The SMILES string of the molecule is C=C/C=C\C1=C(c2ccccc2)C(c2ccccc2)(c2ccccc2-c2ccccc2)c2cc(N(c3ccc4c(c3)C(C)(C)c3ccccc3-4)c3ccccc3-c3ccccc3)ccc21. The lowest BCUT2D eigenvalue weighted by Crippen LogP contribution is -2.30. The highest BCUT2D eigenvalue weighted by atomic mass is 15.1. The lowest BCUT2D eigenvalue weighted by Gasteiger charge is -2.38. The molecule has 9 aromatic carbocycles. The van der Waals surface area contributed by atoms with E-state index in [0.717, 1.165) is 22.6 Å². The van der Waals surface area contributed by atoms with E-state index in [1.54, 1.807) is 0 Å². The first-order valence-electron chi connectivity index (χ1n) is 22.6. The van der Waals surface area contributed by atoms with Crippen molar-refractivity contribution in [2.75, 3.05) is 4.90 Å². The highest BCUT2D eigenvalue weighted by Gasteiger charge is 2.49. The normalized spacial score (nSPS) is 15.7. The summed E-state index contributed by atoms with van der Waals surface area (Å²) in [6, 6.07) is 85.0. The molecule has 65 heavy (non-hydrogen) atoms. The molecule has 0 saturated carbocycles. The Morgan fingerprint density at radius 2 is 0.877 bits per heavy atom. The maximum Gasteiger partial charge on any atom is 0.0726 e. The Kier molecular flexibility index (Phi) is 9.97. The lowest BCUT2D eigenvalue weighted by molar-refractivity contribution is 0.660. The first-order chi connectivity index (χ1) is 32.0. The van der Waals surface area contributed by atoms with Crippen LogP contribution in [0.4, 0.5) is 17.1 Å². The van der Waals surface area contributed by atoms with Crippen molar-refractivity contribution in [3.8, 4) is 33.4 Å². The van der Waals surface area contributed by atoms with E-state index in [9.17, 15) is 0 Å². The van der Waals surface area contributed by atoms with Crippen molar-refractivity contribution in [2.45, 2.75) is 24.7 Å². The molecule has 0 amide bonds. The molecular weight excluding hydrogens is 783 g/mol. The van der Waals surface area contributed by atoms with E-state index in [-0.39, 0.29) is 5.41 Å². The molecular formula is C64H49N. The minimum absolute atomic E-state index is 0.172. The summed E-state index contributed by atoms with van der Waals surface area (Å²) >= 11 is 0. The molecule has 0 heterocycles. The summed E-state index contributed by atoms with van der Waals surface area (Å²) < 4.78 is 0. The fourth-order valence-electron chi connectivity index (χ4n) is 10.9. The molecule has 0 spiro atoms. The first-order valence-corrected chi connectivity index (χ1v) is 22.6. The number of nitrogens with zero attached hydrogens (tertiary/aromatic N) is 1. The van der Waals surface area contributed by atoms with Gasteiger partial charge in [0, 0.05) is 22.4 Å². The number of allylic oxidation sites excluding steroid dienone is 5. The maximum atomic E-state index is 4.15. The molecule has 0 fully saturated rings. The minimum Gasteiger partial charge on any atom is -0.310 e. The molecule has 0 aliphatic heterocycles. The Labute approximate surface area is 383 Å². The van der Waals surface area contributed by atoms with E-state index >= 15 is 0 Å². The minimum atomic E-state index is -0.743. The van der Waals surface area contributed by atoms with Gasteiger partial charge in [0.1, 0.15) is 0 Å². The van der Waals surface area contributed by atoms with Gasteiger partial charge in [-0.05, 0) is 108 Å². The van der Waals surface area contributed by atoms with Crippen molar-refractivity contribution in [1.82, 2.24) is 0 Å².